The number of carbonyl (C=O) groups excluding carboxylic acids is 2. The summed E-state index contributed by atoms with van der Waals surface area (Å²) in [4.78, 5) is 32.7. The number of nitrogens with one attached hydrogen (secondary N) is 1. The number of nitrogens with zero attached hydrogens (tertiary/aromatic N) is 4. The first kappa shape index (κ1) is 19.0. The molecule has 0 saturated heterocycles. The van der Waals surface area contributed by atoms with E-state index >= 15 is 0 Å². The smallest absolute Gasteiger partial charge is 0.269 e. The summed E-state index contributed by atoms with van der Waals surface area (Å²) in [5.41, 5.74) is 4.57. The summed E-state index contributed by atoms with van der Waals surface area (Å²) in [6.45, 7) is 1.27. The van der Waals surface area contributed by atoms with Crippen LogP contribution in [0.1, 0.15) is 56.6 Å². The molecular formula is C22H23N5O2S. The Labute approximate surface area is 178 Å². The van der Waals surface area contributed by atoms with Crippen molar-refractivity contribution in [2.24, 2.45) is 0 Å². The number of benzene rings is 1. The van der Waals surface area contributed by atoms with Crippen LogP contribution < -0.4 is 0 Å². The van der Waals surface area contributed by atoms with Gasteiger partial charge in [0, 0.05) is 44.0 Å². The lowest BCUT2D eigenvalue weighted by atomic mass is 10.00. The molecule has 5 rings (SSSR count). The molecule has 1 N–H and O–H groups in total. The van der Waals surface area contributed by atoms with Crippen LogP contribution in [-0.4, -0.2) is 63.4 Å². The quantitative estimate of drug-likeness (QED) is 0.699. The number of aromatic amines is 1. The Morgan fingerprint density at radius 3 is 2.83 bits per heavy atom. The fourth-order valence-corrected chi connectivity index (χ4v) is 4.64. The molecule has 8 heteroatoms. The van der Waals surface area contributed by atoms with Crippen molar-refractivity contribution in [3.05, 3.63) is 52.2 Å². The summed E-state index contributed by atoms with van der Waals surface area (Å²) >= 11 is 1.21. The highest BCUT2D eigenvalue weighted by Gasteiger charge is 2.33. The number of hydrogen-bond donors (Lipinski definition) is 1. The van der Waals surface area contributed by atoms with Crippen LogP contribution in [0, 0.1) is 0 Å². The summed E-state index contributed by atoms with van der Waals surface area (Å²) in [5, 5.41) is 5.20. The van der Waals surface area contributed by atoms with E-state index in [2.05, 4.69) is 32.8 Å². The summed E-state index contributed by atoms with van der Waals surface area (Å²) in [7, 11) is 3.48. The first-order valence-corrected chi connectivity index (χ1v) is 10.9. The molecule has 1 fully saturated rings. The number of hydrogen-bond acceptors (Lipinski definition) is 5. The van der Waals surface area contributed by atoms with Crippen LogP contribution in [0.3, 0.4) is 0 Å². The topological polar surface area (TPSA) is 82.2 Å². The molecule has 3 aromatic rings. The van der Waals surface area contributed by atoms with E-state index in [0.717, 1.165) is 47.0 Å². The van der Waals surface area contributed by atoms with Gasteiger partial charge in [-0.2, -0.15) is 0 Å². The molecule has 7 nitrogen and oxygen atoms in total. The molecule has 1 aromatic carbocycles. The van der Waals surface area contributed by atoms with Gasteiger partial charge in [0.2, 0.25) is 0 Å². The monoisotopic (exact) mass is 421 g/mol. The summed E-state index contributed by atoms with van der Waals surface area (Å²) in [5.74, 6) is 0.403. The van der Waals surface area contributed by atoms with E-state index in [4.69, 9.17) is 0 Å². The van der Waals surface area contributed by atoms with Crippen molar-refractivity contribution in [1.29, 1.82) is 0 Å². The number of fused-ring (bicyclic) bond motifs is 1. The van der Waals surface area contributed by atoms with E-state index in [1.807, 2.05) is 17.0 Å². The van der Waals surface area contributed by atoms with E-state index in [-0.39, 0.29) is 11.8 Å². The summed E-state index contributed by atoms with van der Waals surface area (Å²) in [6.07, 6.45) is 5.22. The number of H-pyrrole nitrogens is 1. The minimum Gasteiger partial charge on any atom is -0.351 e. The standard InChI is InChI=1S/C22H23N5O2S/c1-26(2)21(28)18-11-15-8-7-14(10-17(15)23-18)16-4-3-9-27(12-16)22(29)20-19(13-5-6-13)24-25-30-20/h4,7-8,10-11,13,23H,3,5-6,9,12H2,1-2H3. The van der Waals surface area contributed by atoms with Gasteiger partial charge < -0.3 is 14.8 Å². The van der Waals surface area contributed by atoms with Crippen molar-refractivity contribution in [2.45, 2.75) is 25.2 Å². The molecule has 0 bridgehead atoms. The summed E-state index contributed by atoms with van der Waals surface area (Å²) < 4.78 is 4.03. The molecular weight excluding hydrogens is 398 g/mol. The van der Waals surface area contributed by atoms with Gasteiger partial charge in [-0.15, -0.1) is 5.10 Å². The normalized spacial score (nSPS) is 16.6. The molecule has 2 aliphatic rings. The minimum atomic E-state index is -0.0500. The molecule has 0 spiro atoms. The van der Waals surface area contributed by atoms with Gasteiger partial charge in [-0.3, -0.25) is 9.59 Å². The average Bonchev–Trinajstić information content (AvgIpc) is 3.33. The maximum absolute atomic E-state index is 13.1. The first-order valence-electron chi connectivity index (χ1n) is 10.2. The second-order valence-electron chi connectivity index (χ2n) is 8.19. The Hall–Kier alpha value is -3.00. The van der Waals surface area contributed by atoms with Gasteiger partial charge in [0.05, 0.1) is 5.69 Å². The molecule has 1 saturated carbocycles. The molecule has 2 aromatic heterocycles. The fourth-order valence-electron chi connectivity index (χ4n) is 3.92. The van der Waals surface area contributed by atoms with Gasteiger partial charge in [0.25, 0.3) is 11.8 Å². The lowest BCUT2D eigenvalue weighted by molar-refractivity contribution is 0.0777. The Bertz CT molecular complexity index is 1170. The van der Waals surface area contributed by atoms with Gasteiger partial charge in [-0.1, -0.05) is 22.7 Å². The zero-order valence-corrected chi connectivity index (χ0v) is 17.8. The zero-order chi connectivity index (χ0) is 20.8. The molecule has 30 heavy (non-hydrogen) atoms. The fraction of sp³-hybridized carbons (Fsp3) is 0.364. The van der Waals surface area contributed by atoms with Crippen LogP contribution in [0.15, 0.2) is 30.3 Å². The van der Waals surface area contributed by atoms with Gasteiger partial charge >= 0.3 is 0 Å². The number of aromatic nitrogens is 3. The Morgan fingerprint density at radius 1 is 1.23 bits per heavy atom. The van der Waals surface area contributed by atoms with Crippen molar-refractivity contribution < 1.29 is 9.59 Å². The Morgan fingerprint density at radius 2 is 2.07 bits per heavy atom. The van der Waals surface area contributed by atoms with E-state index in [9.17, 15) is 9.59 Å². The summed E-state index contributed by atoms with van der Waals surface area (Å²) in [6, 6.07) is 8.02. The van der Waals surface area contributed by atoms with Crippen LogP contribution >= 0.6 is 11.5 Å². The lowest BCUT2D eigenvalue weighted by Gasteiger charge is -2.27. The van der Waals surface area contributed by atoms with Crippen molar-refractivity contribution >= 4 is 39.8 Å². The number of rotatable bonds is 4. The third-order valence-corrected chi connectivity index (χ3v) is 6.47. The van der Waals surface area contributed by atoms with Crippen LogP contribution in [0.25, 0.3) is 16.5 Å². The zero-order valence-electron chi connectivity index (χ0n) is 17.0. The van der Waals surface area contributed by atoms with Crippen LogP contribution in [-0.2, 0) is 0 Å². The molecule has 0 atom stereocenters. The van der Waals surface area contributed by atoms with E-state index in [1.54, 1.807) is 19.0 Å². The SMILES string of the molecule is CN(C)C(=O)c1cc2ccc(C3=CCCN(C(=O)c4snnc4C4CC4)C3)cc2[nH]1. The molecule has 0 radical (unpaired) electrons. The van der Waals surface area contributed by atoms with Gasteiger partial charge in [-0.05, 0) is 54.1 Å². The highest BCUT2D eigenvalue weighted by Crippen LogP contribution is 2.41. The van der Waals surface area contributed by atoms with Crippen molar-refractivity contribution in [2.75, 3.05) is 27.2 Å². The maximum atomic E-state index is 13.1. The third kappa shape index (κ3) is 3.41. The second-order valence-corrected chi connectivity index (χ2v) is 8.95. The predicted molar refractivity (Wildman–Crippen MR) is 117 cm³/mol. The largest absolute Gasteiger partial charge is 0.351 e. The number of carbonyl (C=O) groups is 2. The van der Waals surface area contributed by atoms with Crippen molar-refractivity contribution in [3.63, 3.8) is 0 Å². The van der Waals surface area contributed by atoms with E-state index in [0.29, 0.717) is 29.6 Å². The Kier molecular flexibility index (Phi) is 4.66. The van der Waals surface area contributed by atoms with Gasteiger partial charge in [0.15, 0.2) is 0 Å². The molecule has 2 amide bonds. The van der Waals surface area contributed by atoms with Gasteiger partial charge in [0.1, 0.15) is 10.6 Å². The number of amides is 2. The van der Waals surface area contributed by atoms with Crippen LogP contribution in [0.2, 0.25) is 0 Å². The molecule has 1 aliphatic carbocycles. The third-order valence-electron chi connectivity index (χ3n) is 5.74. The molecule has 1 aliphatic heterocycles. The lowest BCUT2D eigenvalue weighted by Crippen LogP contribution is -2.35. The average molecular weight is 422 g/mol. The van der Waals surface area contributed by atoms with Crippen LogP contribution in [0.4, 0.5) is 0 Å². The van der Waals surface area contributed by atoms with E-state index in [1.165, 1.54) is 11.5 Å². The van der Waals surface area contributed by atoms with Crippen molar-refractivity contribution in [1.82, 2.24) is 24.4 Å². The predicted octanol–water partition coefficient (Wildman–Crippen LogP) is 3.53. The molecule has 3 heterocycles. The highest BCUT2D eigenvalue weighted by atomic mass is 32.1. The highest BCUT2D eigenvalue weighted by molar-refractivity contribution is 7.08. The Balaban J connectivity index is 1.38. The van der Waals surface area contributed by atoms with E-state index < -0.39 is 0 Å². The molecule has 154 valence electrons. The second kappa shape index (κ2) is 7.36. The first-order chi connectivity index (χ1) is 14.5. The van der Waals surface area contributed by atoms with Crippen molar-refractivity contribution in [3.8, 4) is 0 Å². The minimum absolute atomic E-state index is 0.0392. The van der Waals surface area contributed by atoms with Crippen LogP contribution in [0.5, 0.6) is 0 Å². The maximum Gasteiger partial charge on any atom is 0.269 e. The van der Waals surface area contributed by atoms with Gasteiger partial charge in [-0.25, -0.2) is 0 Å². The molecule has 0 unspecified atom stereocenters.